The van der Waals surface area contributed by atoms with Crippen LogP contribution < -0.4 is 0 Å². The fourth-order valence-electron chi connectivity index (χ4n) is 2.28. The maximum atomic E-state index is 12.5. The van der Waals surface area contributed by atoms with Crippen molar-refractivity contribution < 1.29 is 15.0 Å². The normalized spacial score (nSPS) is 11.0. The molecule has 0 aliphatic rings. The van der Waals surface area contributed by atoms with Crippen LogP contribution in [0, 0.1) is 0 Å². The number of carbonyl (C=O) groups is 1. The van der Waals surface area contributed by atoms with E-state index in [4.69, 9.17) is 5.11 Å². The molecule has 0 aliphatic carbocycles. The number of phenolic OH excluding ortho intramolecular Hbond substituents is 1. The van der Waals surface area contributed by atoms with Gasteiger partial charge in [0, 0.05) is 18.0 Å². The van der Waals surface area contributed by atoms with E-state index in [1.807, 2.05) is 38.1 Å². The molecule has 20 heavy (non-hydrogen) atoms. The molecule has 2 rings (SSSR count). The van der Waals surface area contributed by atoms with Crippen LogP contribution in [0.1, 0.15) is 24.2 Å². The summed E-state index contributed by atoms with van der Waals surface area (Å²) in [5.74, 6) is -0.269. The SMILES string of the molecule is CC(C)N(CCO)C(=O)c1ccc2ccccc2c1O. The molecule has 4 nitrogen and oxygen atoms in total. The summed E-state index contributed by atoms with van der Waals surface area (Å²) in [5.41, 5.74) is 0.269. The largest absolute Gasteiger partial charge is 0.506 e. The van der Waals surface area contributed by atoms with Crippen LogP contribution in [0.25, 0.3) is 10.8 Å². The minimum absolute atomic E-state index is 0.00307. The number of amides is 1. The molecule has 2 aromatic carbocycles. The lowest BCUT2D eigenvalue weighted by Gasteiger charge is -2.26. The van der Waals surface area contributed by atoms with Crippen LogP contribution in [-0.2, 0) is 0 Å². The number of hydrogen-bond donors (Lipinski definition) is 2. The van der Waals surface area contributed by atoms with E-state index in [9.17, 15) is 9.90 Å². The highest BCUT2D eigenvalue weighted by atomic mass is 16.3. The summed E-state index contributed by atoms with van der Waals surface area (Å²) >= 11 is 0. The van der Waals surface area contributed by atoms with Crippen LogP contribution in [0.3, 0.4) is 0 Å². The predicted octanol–water partition coefficient (Wildman–Crippen LogP) is 2.39. The molecule has 0 atom stereocenters. The average Bonchev–Trinajstić information content (AvgIpc) is 2.44. The second-order valence-corrected chi connectivity index (χ2v) is 5.00. The lowest BCUT2D eigenvalue weighted by atomic mass is 10.0. The number of aromatic hydroxyl groups is 1. The molecule has 1 amide bonds. The summed E-state index contributed by atoms with van der Waals surface area (Å²) < 4.78 is 0. The smallest absolute Gasteiger partial charge is 0.257 e. The van der Waals surface area contributed by atoms with E-state index in [0.29, 0.717) is 5.39 Å². The first kappa shape index (κ1) is 14.3. The first-order valence-corrected chi connectivity index (χ1v) is 6.68. The molecular formula is C16H19NO3. The fraction of sp³-hybridized carbons (Fsp3) is 0.312. The molecule has 4 heteroatoms. The van der Waals surface area contributed by atoms with E-state index in [2.05, 4.69) is 0 Å². The Morgan fingerprint density at radius 1 is 1.20 bits per heavy atom. The van der Waals surface area contributed by atoms with Gasteiger partial charge in [0.15, 0.2) is 0 Å². The second kappa shape index (κ2) is 5.92. The molecule has 0 saturated carbocycles. The van der Waals surface area contributed by atoms with Gasteiger partial charge < -0.3 is 15.1 Å². The third-order valence-corrected chi connectivity index (χ3v) is 3.36. The van der Waals surface area contributed by atoms with Gasteiger partial charge in [-0.2, -0.15) is 0 Å². The predicted molar refractivity (Wildman–Crippen MR) is 78.9 cm³/mol. The van der Waals surface area contributed by atoms with Gasteiger partial charge in [-0.05, 0) is 25.3 Å². The molecule has 0 radical (unpaired) electrons. The molecule has 0 aromatic heterocycles. The maximum absolute atomic E-state index is 12.5. The Hall–Kier alpha value is -2.07. The molecule has 2 N–H and O–H groups in total. The van der Waals surface area contributed by atoms with Crippen molar-refractivity contribution >= 4 is 16.7 Å². The van der Waals surface area contributed by atoms with Crippen LogP contribution in [0.4, 0.5) is 0 Å². The molecule has 106 valence electrons. The molecular weight excluding hydrogens is 254 g/mol. The van der Waals surface area contributed by atoms with Gasteiger partial charge in [-0.1, -0.05) is 30.3 Å². The minimum Gasteiger partial charge on any atom is -0.506 e. The summed E-state index contributed by atoms with van der Waals surface area (Å²) in [6.45, 7) is 3.92. The second-order valence-electron chi connectivity index (χ2n) is 5.00. The van der Waals surface area contributed by atoms with Crippen molar-refractivity contribution in [3.05, 3.63) is 42.0 Å². The molecule has 0 bridgehead atoms. The molecule has 0 spiro atoms. The topological polar surface area (TPSA) is 60.8 Å². The van der Waals surface area contributed by atoms with Crippen molar-refractivity contribution in [1.29, 1.82) is 0 Å². The first-order valence-electron chi connectivity index (χ1n) is 6.68. The zero-order chi connectivity index (χ0) is 14.7. The van der Waals surface area contributed by atoms with Crippen LogP contribution >= 0.6 is 0 Å². The number of carbonyl (C=O) groups excluding carboxylic acids is 1. The Bertz CT molecular complexity index is 622. The van der Waals surface area contributed by atoms with Gasteiger partial charge in [-0.25, -0.2) is 0 Å². The van der Waals surface area contributed by atoms with E-state index in [-0.39, 0.29) is 36.4 Å². The van der Waals surface area contributed by atoms with E-state index >= 15 is 0 Å². The first-order chi connectivity index (χ1) is 9.56. The fourth-order valence-corrected chi connectivity index (χ4v) is 2.28. The highest BCUT2D eigenvalue weighted by molar-refractivity contribution is 6.03. The molecule has 0 fully saturated rings. The Morgan fingerprint density at radius 2 is 1.90 bits per heavy atom. The maximum Gasteiger partial charge on any atom is 0.257 e. The van der Waals surface area contributed by atoms with Crippen LogP contribution in [0.5, 0.6) is 5.75 Å². The molecule has 2 aromatic rings. The third kappa shape index (κ3) is 2.60. The average molecular weight is 273 g/mol. The van der Waals surface area contributed by atoms with Crippen molar-refractivity contribution in [2.75, 3.05) is 13.2 Å². The zero-order valence-electron chi connectivity index (χ0n) is 11.7. The van der Waals surface area contributed by atoms with Gasteiger partial charge in [0.05, 0.1) is 12.2 Å². The number of fused-ring (bicyclic) bond motifs is 1. The Morgan fingerprint density at radius 3 is 2.55 bits per heavy atom. The van der Waals surface area contributed by atoms with Gasteiger partial charge in [-0.15, -0.1) is 0 Å². The van der Waals surface area contributed by atoms with E-state index in [0.717, 1.165) is 5.39 Å². The summed E-state index contributed by atoms with van der Waals surface area (Å²) in [6, 6.07) is 10.8. The Kier molecular flexibility index (Phi) is 4.25. The number of hydrogen-bond acceptors (Lipinski definition) is 3. The zero-order valence-corrected chi connectivity index (χ0v) is 11.7. The van der Waals surface area contributed by atoms with Gasteiger partial charge in [-0.3, -0.25) is 4.79 Å². The highest BCUT2D eigenvalue weighted by Crippen LogP contribution is 2.29. The van der Waals surface area contributed by atoms with Gasteiger partial charge in [0.1, 0.15) is 5.75 Å². The van der Waals surface area contributed by atoms with Crippen molar-refractivity contribution in [1.82, 2.24) is 4.90 Å². The van der Waals surface area contributed by atoms with Crippen LogP contribution in [0.15, 0.2) is 36.4 Å². The van der Waals surface area contributed by atoms with Crippen LogP contribution in [0.2, 0.25) is 0 Å². The van der Waals surface area contributed by atoms with Crippen LogP contribution in [-0.4, -0.2) is 40.2 Å². The third-order valence-electron chi connectivity index (χ3n) is 3.36. The number of phenols is 1. The standard InChI is InChI=1S/C16H19NO3/c1-11(2)17(9-10-18)16(20)14-8-7-12-5-3-4-6-13(12)15(14)19/h3-8,11,18-19H,9-10H2,1-2H3. The van der Waals surface area contributed by atoms with Gasteiger partial charge in [0.2, 0.25) is 0 Å². The Balaban J connectivity index is 2.46. The van der Waals surface area contributed by atoms with E-state index in [1.54, 1.807) is 17.0 Å². The number of aliphatic hydroxyl groups is 1. The van der Waals surface area contributed by atoms with Crippen molar-refractivity contribution in [2.24, 2.45) is 0 Å². The summed E-state index contributed by atoms with van der Waals surface area (Å²) in [7, 11) is 0. The van der Waals surface area contributed by atoms with E-state index < -0.39 is 0 Å². The van der Waals surface area contributed by atoms with Gasteiger partial charge >= 0.3 is 0 Å². The quantitative estimate of drug-likeness (QED) is 0.899. The summed E-state index contributed by atoms with van der Waals surface area (Å²) in [6.07, 6.45) is 0. The summed E-state index contributed by atoms with van der Waals surface area (Å²) in [4.78, 5) is 14.0. The molecule has 0 saturated heterocycles. The molecule has 0 unspecified atom stereocenters. The monoisotopic (exact) mass is 273 g/mol. The molecule has 0 heterocycles. The lowest BCUT2D eigenvalue weighted by Crippen LogP contribution is -2.39. The van der Waals surface area contributed by atoms with Crippen molar-refractivity contribution in [3.63, 3.8) is 0 Å². The van der Waals surface area contributed by atoms with Crippen molar-refractivity contribution in [2.45, 2.75) is 19.9 Å². The van der Waals surface area contributed by atoms with Crippen molar-refractivity contribution in [3.8, 4) is 5.75 Å². The van der Waals surface area contributed by atoms with E-state index in [1.165, 1.54) is 0 Å². The lowest BCUT2D eigenvalue weighted by molar-refractivity contribution is 0.0662. The Labute approximate surface area is 118 Å². The highest BCUT2D eigenvalue weighted by Gasteiger charge is 2.21. The number of nitrogens with zero attached hydrogens (tertiary/aromatic N) is 1. The number of aliphatic hydroxyl groups excluding tert-OH is 1. The number of rotatable bonds is 4. The summed E-state index contributed by atoms with van der Waals surface area (Å²) in [5, 5.41) is 20.9. The van der Waals surface area contributed by atoms with Gasteiger partial charge in [0.25, 0.3) is 5.91 Å². The number of benzene rings is 2. The minimum atomic E-state index is -0.266. The molecule has 0 aliphatic heterocycles.